The highest BCUT2D eigenvalue weighted by molar-refractivity contribution is 5.94. The van der Waals surface area contributed by atoms with Gasteiger partial charge in [-0.05, 0) is 95.8 Å². The normalized spacial score (nSPS) is 20.6. The summed E-state index contributed by atoms with van der Waals surface area (Å²) in [5, 5.41) is 5.77. The molecule has 8 nitrogen and oxygen atoms in total. The number of benzene rings is 1. The van der Waals surface area contributed by atoms with Crippen molar-refractivity contribution in [2.24, 2.45) is 11.8 Å². The first kappa shape index (κ1) is 28.8. The summed E-state index contributed by atoms with van der Waals surface area (Å²) in [6.07, 6.45) is 0.0942. The van der Waals surface area contributed by atoms with Crippen LogP contribution < -0.4 is 10.6 Å². The second-order valence-electron chi connectivity index (χ2n) is 10.7. The van der Waals surface area contributed by atoms with Crippen molar-refractivity contribution in [3.63, 3.8) is 0 Å². The number of carbonyl (C=O) groups is 2. The van der Waals surface area contributed by atoms with Crippen LogP contribution in [0.25, 0.3) is 0 Å². The lowest BCUT2D eigenvalue weighted by molar-refractivity contribution is -0.138. The third-order valence-electron chi connectivity index (χ3n) is 7.86. The fourth-order valence-corrected chi connectivity index (χ4v) is 5.54. The highest BCUT2D eigenvalue weighted by Crippen LogP contribution is 2.37. The Morgan fingerprint density at radius 2 is 1.79 bits per heavy atom. The van der Waals surface area contributed by atoms with E-state index >= 15 is 0 Å². The van der Waals surface area contributed by atoms with Gasteiger partial charge in [0, 0.05) is 43.0 Å². The van der Waals surface area contributed by atoms with Gasteiger partial charge in [-0.1, -0.05) is 0 Å². The van der Waals surface area contributed by atoms with Crippen molar-refractivity contribution in [1.82, 2.24) is 25.1 Å². The highest BCUT2D eigenvalue weighted by Gasteiger charge is 2.37. The van der Waals surface area contributed by atoms with E-state index in [1.165, 1.54) is 0 Å². The van der Waals surface area contributed by atoms with E-state index in [0.717, 1.165) is 32.1 Å². The predicted molar refractivity (Wildman–Crippen MR) is 143 cm³/mol. The molecule has 2 amide bonds. The van der Waals surface area contributed by atoms with E-state index in [9.17, 15) is 22.8 Å². The minimum absolute atomic E-state index is 0.0412. The molecule has 2 fully saturated rings. The summed E-state index contributed by atoms with van der Waals surface area (Å²) in [5.74, 6) is -0.289. The molecule has 2 heterocycles. The van der Waals surface area contributed by atoms with Crippen LogP contribution in [0.15, 0.2) is 30.5 Å². The second-order valence-corrected chi connectivity index (χ2v) is 10.7. The summed E-state index contributed by atoms with van der Waals surface area (Å²) in [7, 11) is 3.90. The van der Waals surface area contributed by atoms with Gasteiger partial charge >= 0.3 is 6.18 Å². The van der Waals surface area contributed by atoms with Gasteiger partial charge in [0.15, 0.2) is 0 Å². The Labute approximate surface area is 227 Å². The number of likely N-dealkylation sites (tertiary alicyclic amines) is 1. The molecule has 4 rings (SSSR count). The number of halogens is 3. The lowest BCUT2D eigenvalue weighted by atomic mass is 9.97. The van der Waals surface area contributed by atoms with Crippen LogP contribution in [0, 0.1) is 11.8 Å². The van der Waals surface area contributed by atoms with E-state index in [1.54, 1.807) is 29.2 Å². The predicted octanol–water partition coefficient (Wildman–Crippen LogP) is 4.50. The van der Waals surface area contributed by atoms with Crippen LogP contribution in [0.4, 0.5) is 24.8 Å². The topological polar surface area (TPSA) is 90.5 Å². The SMILES string of the molecule is CCNC(=O)[C@H]1CC[C@@H](Cc2nc(Nc3ccc(C(=O)N(C)C4CCN(C)CC4)cc3)ncc2C(F)(F)F)C1. The number of alkyl halides is 3. The maximum atomic E-state index is 13.7. The maximum absolute atomic E-state index is 13.7. The molecular weight excluding hydrogens is 509 g/mol. The first-order valence-electron chi connectivity index (χ1n) is 13.6. The van der Waals surface area contributed by atoms with Gasteiger partial charge in [0.2, 0.25) is 11.9 Å². The Morgan fingerprint density at radius 3 is 2.44 bits per heavy atom. The zero-order valence-electron chi connectivity index (χ0n) is 22.7. The average Bonchev–Trinajstić information content (AvgIpc) is 3.37. The molecular formula is C28H37F3N6O2. The van der Waals surface area contributed by atoms with Gasteiger partial charge in [-0.2, -0.15) is 13.2 Å². The van der Waals surface area contributed by atoms with Crippen LogP contribution in [0.2, 0.25) is 0 Å². The lowest BCUT2D eigenvalue weighted by Crippen LogP contribution is -2.44. The first-order chi connectivity index (χ1) is 18.5. The summed E-state index contributed by atoms with van der Waals surface area (Å²) in [5.41, 5.74) is 0.177. The summed E-state index contributed by atoms with van der Waals surface area (Å²) in [6.45, 7) is 4.28. The molecule has 2 atom stereocenters. The molecule has 212 valence electrons. The standard InChI is InChI=1S/C28H37F3N6O2/c1-4-32-25(38)20-6-5-18(15-20)16-24-23(28(29,30)31)17-33-27(35-24)34-21-9-7-19(8-10-21)26(39)37(3)22-11-13-36(2)14-12-22/h7-10,17-18,20,22H,4-6,11-16H2,1-3H3,(H,32,38)(H,33,34,35)/t18-,20+/m1/s1. The first-order valence-corrected chi connectivity index (χ1v) is 13.6. The number of carbonyl (C=O) groups excluding carboxylic acids is 2. The third-order valence-corrected chi connectivity index (χ3v) is 7.86. The molecule has 1 aliphatic carbocycles. The van der Waals surface area contributed by atoms with Crippen molar-refractivity contribution < 1.29 is 22.8 Å². The van der Waals surface area contributed by atoms with Gasteiger partial charge < -0.3 is 20.4 Å². The number of nitrogens with one attached hydrogen (secondary N) is 2. The molecule has 0 unspecified atom stereocenters. The average molecular weight is 547 g/mol. The van der Waals surface area contributed by atoms with E-state index < -0.39 is 11.7 Å². The van der Waals surface area contributed by atoms with Crippen LogP contribution >= 0.6 is 0 Å². The molecule has 1 aromatic carbocycles. The Morgan fingerprint density at radius 1 is 1.10 bits per heavy atom. The van der Waals surface area contributed by atoms with Crippen molar-refractivity contribution in [2.45, 2.75) is 57.7 Å². The molecule has 1 aromatic heterocycles. The Balaban J connectivity index is 1.43. The van der Waals surface area contributed by atoms with Crippen molar-refractivity contribution in [3.05, 3.63) is 47.3 Å². The fourth-order valence-electron chi connectivity index (χ4n) is 5.54. The summed E-state index contributed by atoms with van der Waals surface area (Å²) in [4.78, 5) is 37.3. The fraction of sp³-hybridized carbons (Fsp3) is 0.571. The number of piperidine rings is 1. The highest BCUT2D eigenvalue weighted by atomic mass is 19.4. The van der Waals surface area contributed by atoms with E-state index in [2.05, 4.69) is 32.5 Å². The van der Waals surface area contributed by atoms with Gasteiger partial charge in [0.25, 0.3) is 5.91 Å². The minimum Gasteiger partial charge on any atom is -0.356 e. The molecule has 0 spiro atoms. The monoisotopic (exact) mass is 546 g/mol. The zero-order chi connectivity index (χ0) is 28.2. The van der Waals surface area contributed by atoms with E-state index in [0.29, 0.717) is 37.1 Å². The van der Waals surface area contributed by atoms with Gasteiger partial charge in [0.05, 0.1) is 11.3 Å². The number of hydrogen-bond acceptors (Lipinski definition) is 6. The van der Waals surface area contributed by atoms with Crippen LogP contribution in [0.3, 0.4) is 0 Å². The molecule has 1 aliphatic heterocycles. The molecule has 2 N–H and O–H groups in total. The number of amides is 2. The Bertz CT molecular complexity index is 1150. The Kier molecular flexibility index (Phi) is 9.09. The summed E-state index contributed by atoms with van der Waals surface area (Å²) >= 11 is 0. The number of rotatable bonds is 8. The zero-order valence-corrected chi connectivity index (χ0v) is 22.7. The van der Waals surface area contributed by atoms with Crippen molar-refractivity contribution in [3.8, 4) is 0 Å². The number of nitrogens with zero attached hydrogens (tertiary/aromatic N) is 4. The van der Waals surface area contributed by atoms with Crippen LogP contribution in [-0.4, -0.2) is 71.4 Å². The lowest BCUT2D eigenvalue weighted by Gasteiger charge is -2.35. The van der Waals surface area contributed by atoms with Crippen molar-refractivity contribution in [2.75, 3.05) is 39.0 Å². The van der Waals surface area contributed by atoms with Crippen molar-refractivity contribution in [1.29, 1.82) is 0 Å². The number of aromatic nitrogens is 2. The van der Waals surface area contributed by atoms with Gasteiger partial charge in [0.1, 0.15) is 0 Å². The smallest absolute Gasteiger partial charge is 0.356 e. The van der Waals surface area contributed by atoms with E-state index in [1.807, 2.05) is 14.0 Å². The third kappa shape index (κ3) is 7.26. The maximum Gasteiger partial charge on any atom is 0.419 e. The molecule has 39 heavy (non-hydrogen) atoms. The molecule has 0 radical (unpaired) electrons. The van der Waals surface area contributed by atoms with Crippen LogP contribution in [-0.2, 0) is 17.4 Å². The minimum atomic E-state index is -4.58. The largest absolute Gasteiger partial charge is 0.419 e. The van der Waals surface area contributed by atoms with Gasteiger partial charge in [-0.25, -0.2) is 9.97 Å². The van der Waals surface area contributed by atoms with E-state index in [4.69, 9.17) is 0 Å². The molecule has 2 aliphatic rings. The van der Waals surface area contributed by atoms with Gasteiger partial charge in [-0.3, -0.25) is 9.59 Å². The number of hydrogen-bond donors (Lipinski definition) is 2. The molecule has 1 saturated heterocycles. The number of anilines is 2. The summed E-state index contributed by atoms with van der Waals surface area (Å²) in [6, 6.07) is 6.98. The van der Waals surface area contributed by atoms with Crippen molar-refractivity contribution >= 4 is 23.5 Å². The molecule has 11 heteroatoms. The molecule has 2 aromatic rings. The molecule has 0 bridgehead atoms. The Hall–Kier alpha value is -3.21. The summed E-state index contributed by atoms with van der Waals surface area (Å²) < 4.78 is 41.2. The van der Waals surface area contributed by atoms with Crippen LogP contribution in [0.1, 0.15) is 60.6 Å². The van der Waals surface area contributed by atoms with Crippen LogP contribution in [0.5, 0.6) is 0 Å². The van der Waals surface area contributed by atoms with Gasteiger partial charge in [-0.15, -0.1) is 0 Å². The van der Waals surface area contributed by atoms with E-state index in [-0.39, 0.29) is 47.8 Å². The second kappa shape index (κ2) is 12.3. The molecule has 1 saturated carbocycles. The quantitative estimate of drug-likeness (QED) is 0.507.